The van der Waals surface area contributed by atoms with Crippen molar-refractivity contribution in [1.29, 1.82) is 0 Å². The molecule has 0 aromatic carbocycles. The summed E-state index contributed by atoms with van der Waals surface area (Å²) in [5.41, 5.74) is 1.53. The molecule has 118 valence electrons. The Labute approximate surface area is 134 Å². The molecule has 4 heterocycles. The van der Waals surface area contributed by atoms with Crippen molar-refractivity contribution in [2.75, 3.05) is 25.1 Å². The van der Waals surface area contributed by atoms with Crippen molar-refractivity contribution in [3.63, 3.8) is 0 Å². The average molecular weight is 309 g/mol. The van der Waals surface area contributed by atoms with Crippen molar-refractivity contribution in [1.82, 2.24) is 19.9 Å². The molecule has 1 fully saturated rings. The predicted molar refractivity (Wildman–Crippen MR) is 89.9 cm³/mol. The molecule has 0 unspecified atom stereocenters. The van der Waals surface area contributed by atoms with Gasteiger partial charge in [0.05, 0.1) is 24.2 Å². The van der Waals surface area contributed by atoms with Gasteiger partial charge >= 0.3 is 0 Å². The van der Waals surface area contributed by atoms with Crippen molar-refractivity contribution < 1.29 is 4.74 Å². The van der Waals surface area contributed by atoms with Gasteiger partial charge in [0.2, 0.25) is 5.88 Å². The van der Waals surface area contributed by atoms with E-state index in [1.807, 2.05) is 12.1 Å². The Morgan fingerprint density at radius 1 is 1.00 bits per heavy atom. The first-order valence-corrected chi connectivity index (χ1v) is 8.06. The van der Waals surface area contributed by atoms with Crippen LogP contribution in [0, 0.1) is 0 Å². The van der Waals surface area contributed by atoms with Gasteiger partial charge in [-0.1, -0.05) is 12.8 Å². The first kappa shape index (κ1) is 14.1. The van der Waals surface area contributed by atoms with Crippen LogP contribution in [0.4, 0.5) is 5.82 Å². The summed E-state index contributed by atoms with van der Waals surface area (Å²) in [5, 5.41) is 2.01. The van der Waals surface area contributed by atoms with Gasteiger partial charge in [0.25, 0.3) is 0 Å². The van der Waals surface area contributed by atoms with Crippen LogP contribution in [0.3, 0.4) is 0 Å². The SMILES string of the molecule is COc1ccc2c(ncc3ncnc(N4CCCCCC4)c32)n1. The van der Waals surface area contributed by atoms with Crippen LogP contribution in [0.2, 0.25) is 0 Å². The highest BCUT2D eigenvalue weighted by Crippen LogP contribution is 2.31. The fraction of sp³-hybridized carbons (Fsp3) is 0.412. The van der Waals surface area contributed by atoms with E-state index in [2.05, 4.69) is 24.8 Å². The van der Waals surface area contributed by atoms with Crippen LogP contribution in [0.25, 0.3) is 21.9 Å². The van der Waals surface area contributed by atoms with Crippen LogP contribution in [-0.2, 0) is 0 Å². The minimum absolute atomic E-state index is 0.567. The lowest BCUT2D eigenvalue weighted by atomic mass is 10.1. The Kier molecular flexibility index (Phi) is 3.65. The second-order valence-electron chi connectivity index (χ2n) is 5.84. The van der Waals surface area contributed by atoms with E-state index in [-0.39, 0.29) is 0 Å². The molecule has 3 aromatic heterocycles. The van der Waals surface area contributed by atoms with Gasteiger partial charge in [-0.3, -0.25) is 0 Å². The maximum Gasteiger partial charge on any atom is 0.215 e. The van der Waals surface area contributed by atoms with Crippen LogP contribution in [0.5, 0.6) is 5.88 Å². The highest BCUT2D eigenvalue weighted by atomic mass is 16.5. The number of methoxy groups -OCH3 is 1. The standard InChI is InChI=1S/C17H19N5O/c1-23-14-7-6-12-15-13(10-18-16(12)21-14)19-11-20-17(15)22-8-4-2-3-5-9-22/h6-7,10-11H,2-5,8-9H2,1H3. The van der Waals surface area contributed by atoms with Gasteiger partial charge in [-0.2, -0.15) is 4.98 Å². The number of nitrogens with zero attached hydrogens (tertiary/aromatic N) is 5. The number of fused-ring (bicyclic) bond motifs is 3. The number of aromatic nitrogens is 4. The zero-order valence-corrected chi connectivity index (χ0v) is 13.2. The molecule has 1 aliphatic heterocycles. The number of rotatable bonds is 2. The quantitative estimate of drug-likeness (QED) is 0.678. The van der Waals surface area contributed by atoms with E-state index < -0.39 is 0 Å². The lowest BCUT2D eigenvalue weighted by molar-refractivity contribution is 0.399. The van der Waals surface area contributed by atoms with Crippen LogP contribution in [0.15, 0.2) is 24.7 Å². The third-order valence-corrected chi connectivity index (χ3v) is 4.40. The zero-order valence-electron chi connectivity index (χ0n) is 13.2. The summed E-state index contributed by atoms with van der Waals surface area (Å²) >= 11 is 0. The van der Waals surface area contributed by atoms with E-state index in [4.69, 9.17) is 4.74 Å². The predicted octanol–water partition coefficient (Wildman–Crippen LogP) is 2.96. The van der Waals surface area contributed by atoms with Gasteiger partial charge in [-0.15, -0.1) is 0 Å². The average Bonchev–Trinajstić information content (AvgIpc) is 2.89. The van der Waals surface area contributed by atoms with Crippen molar-refractivity contribution in [2.45, 2.75) is 25.7 Å². The summed E-state index contributed by atoms with van der Waals surface area (Å²) in [5.74, 6) is 1.56. The molecule has 0 atom stereocenters. The summed E-state index contributed by atoms with van der Waals surface area (Å²) in [6, 6.07) is 3.86. The molecule has 0 saturated carbocycles. The lowest BCUT2D eigenvalue weighted by Gasteiger charge is -2.23. The Hall–Kier alpha value is -2.50. The lowest BCUT2D eigenvalue weighted by Crippen LogP contribution is -2.25. The molecule has 0 amide bonds. The second kappa shape index (κ2) is 5.95. The summed E-state index contributed by atoms with van der Waals surface area (Å²) in [7, 11) is 1.61. The molecule has 6 heteroatoms. The molecule has 1 aliphatic rings. The smallest absolute Gasteiger partial charge is 0.215 e. The van der Waals surface area contributed by atoms with Gasteiger partial charge in [0, 0.05) is 24.5 Å². The fourth-order valence-electron chi connectivity index (χ4n) is 3.23. The first-order valence-electron chi connectivity index (χ1n) is 8.06. The number of anilines is 1. The highest BCUT2D eigenvalue weighted by molar-refractivity contribution is 6.08. The maximum absolute atomic E-state index is 5.20. The third-order valence-electron chi connectivity index (χ3n) is 4.40. The zero-order chi connectivity index (χ0) is 15.6. The summed E-state index contributed by atoms with van der Waals surface area (Å²) in [6.07, 6.45) is 8.41. The third kappa shape index (κ3) is 2.54. The molecular weight excluding hydrogens is 290 g/mol. The Balaban J connectivity index is 1.94. The molecule has 0 radical (unpaired) electrons. The minimum Gasteiger partial charge on any atom is -0.481 e. The Morgan fingerprint density at radius 2 is 1.83 bits per heavy atom. The van der Waals surface area contributed by atoms with E-state index in [0.717, 1.165) is 35.2 Å². The molecule has 6 nitrogen and oxygen atoms in total. The number of pyridine rings is 2. The molecule has 1 saturated heterocycles. The summed E-state index contributed by atoms with van der Waals surface area (Å²) in [6.45, 7) is 2.08. The van der Waals surface area contributed by atoms with Crippen LogP contribution >= 0.6 is 0 Å². The van der Waals surface area contributed by atoms with E-state index >= 15 is 0 Å². The van der Waals surface area contributed by atoms with Crippen molar-refractivity contribution in [3.8, 4) is 5.88 Å². The van der Waals surface area contributed by atoms with E-state index in [1.165, 1.54) is 25.7 Å². The molecule has 3 aromatic rings. The van der Waals surface area contributed by atoms with Gasteiger partial charge in [-0.25, -0.2) is 15.0 Å². The molecule has 0 aliphatic carbocycles. The molecule has 0 bridgehead atoms. The van der Waals surface area contributed by atoms with Gasteiger partial charge in [-0.05, 0) is 18.9 Å². The van der Waals surface area contributed by atoms with Gasteiger partial charge in [0.1, 0.15) is 12.1 Å². The first-order chi connectivity index (χ1) is 11.4. The number of ether oxygens (including phenoxy) is 1. The van der Waals surface area contributed by atoms with Crippen molar-refractivity contribution in [3.05, 3.63) is 24.7 Å². The van der Waals surface area contributed by atoms with Crippen LogP contribution in [-0.4, -0.2) is 40.1 Å². The maximum atomic E-state index is 5.20. The Morgan fingerprint density at radius 3 is 2.61 bits per heavy atom. The highest BCUT2D eigenvalue weighted by Gasteiger charge is 2.17. The fourth-order valence-corrected chi connectivity index (χ4v) is 3.23. The van der Waals surface area contributed by atoms with Crippen LogP contribution in [0.1, 0.15) is 25.7 Å². The van der Waals surface area contributed by atoms with E-state index in [1.54, 1.807) is 19.6 Å². The molecule has 0 N–H and O–H groups in total. The van der Waals surface area contributed by atoms with Crippen LogP contribution < -0.4 is 9.64 Å². The summed E-state index contributed by atoms with van der Waals surface area (Å²) in [4.78, 5) is 20.2. The Bertz CT molecular complexity index is 843. The van der Waals surface area contributed by atoms with Gasteiger partial charge in [0.15, 0.2) is 5.65 Å². The molecular formula is C17H19N5O. The van der Waals surface area contributed by atoms with E-state index in [9.17, 15) is 0 Å². The minimum atomic E-state index is 0.567. The molecule has 23 heavy (non-hydrogen) atoms. The molecule has 0 spiro atoms. The second-order valence-corrected chi connectivity index (χ2v) is 5.84. The normalized spacial score (nSPS) is 15.8. The van der Waals surface area contributed by atoms with Crippen molar-refractivity contribution >= 4 is 27.8 Å². The monoisotopic (exact) mass is 309 g/mol. The molecule has 4 rings (SSSR count). The largest absolute Gasteiger partial charge is 0.481 e. The number of hydrogen-bond acceptors (Lipinski definition) is 6. The van der Waals surface area contributed by atoms with E-state index in [0.29, 0.717) is 11.5 Å². The topological polar surface area (TPSA) is 64.0 Å². The summed E-state index contributed by atoms with van der Waals surface area (Å²) < 4.78 is 5.20. The van der Waals surface area contributed by atoms with Gasteiger partial charge < -0.3 is 9.64 Å². The van der Waals surface area contributed by atoms with Crippen molar-refractivity contribution in [2.24, 2.45) is 0 Å². The number of hydrogen-bond donors (Lipinski definition) is 0.